The number of hydrogen-bond acceptors (Lipinski definition) is 7. The standard InChI is InChI=1S/C33H41N5O5/c1-23(2)18-29(38-33(42)43-22-26-16-10-5-11-17-26)31(40)37-28(20-25-14-8-4-9-15-25)30(39)32(41)36-27(21-35-34)19-24-12-6-3-7-13-24/h3-17,23,27-29,35H,18-22,34H2,1-2H3,(H,36,41)(H,37,40)(H,38,42)/t27-,28-,29?/m0/s1. The summed E-state index contributed by atoms with van der Waals surface area (Å²) in [6, 6.07) is 25.2. The second kappa shape index (κ2) is 17.4. The average molecular weight is 588 g/mol. The topological polar surface area (TPSA) is 152 Å². The van der Waals surface area contributed by atoms with Crippen molar-refractivity contribution in [2.45, 2.75) is 57.8 Å². The molecule has 0 aliphatic rings. The number of amides is 3. The fourth-order valence-corrected chi connectivity index (χ4v) is 4.57. The lowest BCUT2D eigenvalue weighted by Crippen LogP contribution is -2.56. The molecule has 0 heterocycles. The lowest BCUT2D eigenvalue weighted by Gasteiger charge is -2.24. The molecular weight excluding hydrogens is 546 g/mol. The number of hydrogen-bond donors (Lipinski definition) is 5. The summed E-state index contributed by atoms with van der Waals surface area (Å²) in [4.78, 5) is 52.8. The molecule has 10 heteroatoms. The van der Waals surface area contributed by atoms with Crippen LogP contribution >= 0.6 is 0 Å². The highest BCUT2D eigenvalue weighted by Crippen LogP contribution is 2.10. The van der Waals surface area contributed by atoms with Crippen LogP contribution in [-0.2, 0) is 38.6 Å². The van der Waals surface area contributed by atoms with Gasteiger partial charge in [-0.25, -0.2) is 4.79 Å². The van der Waals surface area contributed by atoms with Crippen molar-refractivity contribution >= 4 is 23.7 Å². The van der Waals surface area contributed by atoms with E-state index < -0.39 is 41.8 Å². The summed E-state index contributed by atoms with van der Waals surface area (Å²) in [5.74, 6) is 3.35. The van der Waals surface area contributed by atoms with Gasteiger partial charge in [0.05, 0.1) is 0 Å². The lowest BCUT2D eigenvalue weighted by atomic mass is 9.99. The van der Waals surface area contributed by atoms with E-state index in [1.807, 2.05) is 105 Å². The number of nitrogens with one attached hydrogen (secondary N) is 4. The van der Waals surface area contributed by atoms with E-state index in [1.54, 1.807) is 0 Å². The van der Waals surface area contributed by atoms with E-state index in [0.717, 1.165) is 16.7 Å². The van der Waals surface area contributed by atoms with E-state index in [9.17, 15) is 19.2 Å². The SMILES string of the molecule is CC(C)CC(NC(=O)OCc1ccccc1)C(=O)N[C@@H](Cc1ccccc1)C(=O)C(=O)N[C@H](CNN)Cc1ccccc1. The summed E-state index contributed by atoms with van der Waals surface area (Å²) in [7, 11) is 0. The van der Waals surface area contributed by atoms with E-state index in [1.165, 1.54) is 0 Å². The van der Waals surface area contributed by atoms with Crippen molar-refractivity contribution in [1.82, 2.24) is 21.4 Å². The van der Waals surface area contributed by atoms with Gasteiger partial charge in [-0.15, -0.1) is 0 Å². The molecule has 228 valence electrons. The Morgan fingerprint density at radius 3 is 1.77 bits per heavy atom. The summed E-state index contributed by atoms with van der Waals surface area (Å²) in [6.45, 7) is 4.10. The molecular formula is C33H41N5O5. The zero-order valence-corrected chi connectivity index (χ0v) is 24.6. The van der Waals surface area contributed by atoms with Gasteiger partial charge in [0.25, 0.3) is 5.91 Å². The van der Waals surface area contributed by atoms with Gasteiger partial charge in [-0.3, -0.25) is 25.7 Å². The van der Waals surface area contributed by atoms with Crippen LogP contribution < -0.4 is 27.2 Å². The Bertz CT molecular complexity index is 1310. The summed E-state index contributed by atoms with van der Waals surface area (Å²) in [5.41, 5.74) is 5.08. The molecule has 1 unspecified atom stereocenters. The summed E-state index contributed by atoms with van der Waals surface area (Å²) < 4.78 is 5.31. The Labute approximate surface area is 252 Å². The number of hydrazine groups is 1. The van der Waals surface area contributed by atoms with Crippen LogP contribution in [0.2, 0.25) is 0 Å². The lowest BCUT2D eigenvalue weighted by molar-refractivity contribution is -0.140. The van der Waals surface area contributed by atoms with Crippen molar-refractivity contribution in [2.75, 3.05) is 6.54 Å². The molecule has 6 N–H and O–H groups in total. The maximum atomic E-state index is 13.5. The Morgan fingerprint density at radius 1 is 0.698 bits per heavy atom. The fraction of sp³-hybridized carbons (Fsp3) is 0.333. The first kappa shape index (κ1) is 33.0. The van der Waals surface area contributed by atoms with Gasteiger partial charge >= 0.3 is 6.09 Å². The molecule has 0 fully saturated rings. The molecule has 0 spiro atoms. The molecule has 3 aromatic rings. The maximum absolute atomic E-state index is 13.5. The third-order valence-electron chi connectivity index (χ3n) is 6.69. The first-order valence-corrected chi connectivity index (χ1v) is 14.4. The predicted molar refractivity (Wildman–Crippen MR) is 164 cm³/mol. The van der Waals surface area contributed by atoms with Gasteiger partial charge in [-0.1, -0.05) is 105 Å². The predicted octanol–water partition coefficient (Wildman–Crippen LogP) is 2.81. The summed E-state index contributed by atoms with van der Waals surface area (Å²) >= 11 is 0. The minimum Gasteiger partial charge on any atom is -0.445 e. The zero-order chi connectivity index (χ0) is 31.0. The molecule has 3 rings (SSSR count). The smallest absolute Gasteiger partial charge is 0.408 e. The minimum atomic E-state index is -1.17. The van der Waals surface area contributed by atoms with Crippen LogP contribution in [0.25, 0.3) is 0 Å². The quantitative estimate of drug-likeness (QED) is 0.0982. The molecule has 3 amide bonds. The van der Waals surface area contributed by atoms with Crippen molar-refractivity contribution in [3.05, 3.63) is 108 Å². The first-order chi connectivity index (χ1) is 20.7. The van der Waals surface area contributed by atoms with Crippen LogP contribution in [0.5, 0.6) is 0 Å². The Hall–Kier alpha value is -4.54. The highest BCUT2D eigenvalue weighted by molar-refractivity contribution is 6.38. The van der Waals surface area contributed by atoms with E-state index in [2.05, 4.69) is 21.4 Å². The number of Topliss-reactive ketones (excluding diaryl/α,β-unsaturated/α-hetero) is 1. The van der Waals surface area contributed by atoms with Crippen molar-refractivity contribution in [3.8, 4) is 0 Å². The number of carbonyl (C=O) groups excluding carboxylic acids is 4. The van der Waals surface area contributed by atoms with Crippen LogP contribution in [0.1, 0.15) is 37.0 Å². The van der Waals surface area contributed by atoms with Gasteiger partial charge in [-0.2, -0.15) is 0 Å². The highest BCUT2D eigenvalue weighted by atomic mass is 16.5. The third kappa shape index (κ3) is 11.7. The Balaban J connectivity index is 1.72. The monoisotopic (exact) mass is 587 g/mol. The van der Waals surface area contributed by atoms with Gasteiger partial charge in [0.2, 0.25) is 11.7 Å². The number of rotatable bonds is 16. The molecule has 0 radical (unpaired) electrons. The second-order valence-corrected chi connectivity index (χ2v) is 10.8. The number of carbonyl (C=O) groups is 4. The van der Waals surface area contributed by atoms with Crippen LogP contribution in [0.4, 0.5) is 4.79 Å². The van der Waals surface area contributed by atoms with Crippen molar-refractivity contribution in [3.63, 3.8) is 0 Å². The van der Waals surface area contributed by atoms with E-state index in [0.29, 0.717) is 12.8 Å². The summed E-state index contributed by atoms with van der Waals surface area (Å²) in [5, 5.41) is 8.11. The van der Waals surface area contributed by atoms with E-state index in [-0.39, 0.29) is 25.5 Å². The van der Waals surface area contributed by atoms with Crippen molar-refractivity contribution in [2.24, 2.45) is 11.8 Å². The molecule has 0 saturated heterocycles. The third-order valence-corrected chi connectivity index (χ3v) is 6.69. The molecule has 3 aromatic carbocycles. The maximum Gasteiger partial charge on any atom is 0.408 e. The molecule has 3 atom stereocenters. The molecule has 0 aromatic heterocycles. The largest absolute Gasteiger partial charge is 0.445 e. The van der Waals surface area contributed by atoms with E-state index >= 15 is 0 Å². The second-order valence-electron chi connectivity index (χ2n) is 10.8. The van der Waals surface area contributed by atoms with Gasteiger partial charge < -0.3 is 20.7 Å². The van der Waals surface area contributed by atoms with Crippen LogP contribution in [0.15, 0.2) is 91.0 Å². The average Bonchev–Trinajstić information content (AvgIpc) is 3.00. The minimum absolute atomic E-state index is 0.0410. The number of benzene rings is 3. The molecule has 0 aliphatic carbocycles. The highest BCUT2D eigenvalue weighted by Gasteiger charge is 2.32. The molecule has 0 bridgehead atoms. The van der Waals surface area contributed by atoms with Gasteiger partial charge in [-0.05, 0) is 35.4 Å². The number of alkyl carbamates (subject to hydrolysis) is 1. The zero-order valence-electron chi connectivity index (χ0n) is 24.6. The molecule has 0 aliphatic heterocycles. The van der Waals surface area contributed by atoms with Crippen LogP contribution in [0.3, 0.4) is 0 Å². The Morgan fingerprint density at radius 2 is 1.23 bits per heavy atom. The number of ether oxygens (including phenoxy) is 1. The van der Waals surface area contributed by atoms with Crippen molar-refractivity contribution < 1.29 is 23.9 Å². The Kier molecular flexibility index (Phi) is 13.4. The van der Waals surface area contributed by atoms with Crippen LogP contribution in [-0.4, -0.2) is 48.4 Å². The van der Waals surface area contributed by atoms with Gasteiger partial charge in [0.15, 0.2) is 0 Å². The van der Waals surface area contributed by atoms with Crippen LogP contribution in [0, 0.1) is 5.92 Å². The molecule has 0 saturated carbocycles. The molecule has 10 nitrogen and oxygen atoms in total. The normalized spacial score (nSPS) is 12.9. The summed E-state index contributed by atoms with van der Waals surface area (Å²) in [6.07, 6.45) is 0.0768. The fourth-order valence-electron chi connectivity index (χ4n) is 4.57. The van der Waals surface area contributed by atoms with Gasteiger partial charge in [0.1, 0.15) is 18.7 Å². The van der Waals surface area contributed by atoms with Gasteiger partial charge in [0, 0.05) is 19.0 Å². The van der Waals surface area contributed by atoms with E-state index in [4.69, 9.17) is 10.6 Å². The first-order valence-electron chi connectivity index (χ1n) is 14.4. The molecule has 43 heavy (non-hydrogen) atoms. The van der Waals surface area contributed by atoms with Crippen molar-refractivity contribution in [1.29, 1.82) is 0 Å². The number of ketones is 1. The number of nitrogens with two attached hydrogens (primary N) is 1.